The first kappa shape index (κ1) is 25.9. The van der Waals surface area contributed by atoms with Crippen LogP contribution in [0.15, 0.2) is 48.6 Å². The van der Waals surface area contributed by atoms with Gasteiger partial charge in [0.1, 0.15) is 11.8 Å². The van der Waals surface area contributed by atoms with E-state index < -0.39 is 28.7 Å². The van der Waals surface area contributed by atoms with Crippen LogP contribution < -0.4 is 9.64 Å². The van der Waals surface area contributed by atoms with E-state index in [1.807, 2.05) is 69.3 Å². The highest BCUT2D eigenvalue weighted by molar-refractivity contribution is 8.02. The van der Waals surface area contributed by atoms with Crippen molar-refractivity contribution in [1.82, 2.24) is 9.80 Å². The Morgan fingerprint density at radius 3 is 2.43 bits per heavy atom. The molecule has 2 saturated heterocycles. The number of aliphatic hydroxyl groups excluding tert-OH is 1. The van der Waals surface area contributed by atoms with Gasteiger partial charge in [-0.25, -0.2) is 0 Å². The second kappa shape index (κ2) is 9.83. The molecule has 4 heterocycles. The van der Waals surface area contributed by atoms with Crippen LogP contribution in [0.4, 0.5) is 5.69 Å². The summed E-state index contributed by atoms with van der Waals surface area (Å²) in [5, 5.41) is 9.81. The third-order valence-electron chi connectivity index (χ3n) is 7.95. The van der Waals surface area contributed by atoms with Gasteiger partial charge in [-0.1, -0.05) is 24.3 Å². The molecule has 1 aromatic rings. The van der Waals surface area contributed by atoms with Crippen molar-refractivity contribution in [2.75, 3.05) is 31.2 Å². The SMILES string of the molecule is CCOc1ccc(N2CC=C[C@H]3S[C@]45C=CCN(C(C)C)C(=O)C4N([C@H](C)CO)C(=O)[C@@H]5[C@H]3C2=O)cc1. The van der Waals surface area contributed by atoms with Gasteiger partial charge >= 0.3 is 0 Å². The zero-order valence-electron chi connectivity index (χ0n) is 21.7. The monoisotopic (exact) mass is 525 g/mol. The molecule has 2 fully saturated rings. The maximum Gasteiger partial charge on any atom is 0.247 e. The molecule has 1 aromatic carbocycles. The fourth-order valence-electron chi connectivity index (χ4n) is 6.24. The van der Waals surface area contributed by atoms with Gasteiger partial charge < -0.3 is 24.5 Å². The Hall–Kier alpha value is -2.78. The van der Waals surface area contributed by atoms with Crippen molar-refractivity contribution < 1.29 is 24.2 Å². The fourth-order valence-corrected chi connectivity index (χ4v) is 8.23. The van der Waals surface area contributed by atoms with E-state index in [2.05, 4.69) is 0 Å². The number of anilines is 1. The van der Waals surface area contributed by atoms with Gasteiger partial charge in [0.05, 0.1) is 35.8 Å². The third kappa shape index (κ3) is 3.98. The normalized spacial score (nSPS) is 31.8. The number of rotatable bonds is 6. The van der Waals surface area contributed by atoms with Crippen LogP contribution in [-0.4, -0.2) is 87.1 Å². The van der Waals surface area contributed by atoms with Crippen LogP contribution in [0.2, 0.25) is 0 Å². The first-order valence-corrected chi connectivity index (χ1v) is 13.9. The molecule has 5 rings (SSSR count). The average molecular weight is 526 g/mol. The van der Waals surface area contributed by atoms with Crippen LogP contribution in [-0.2, 0) is 14.4 Å². The number of hydrogen-bond acceptors (Lipinski definition) is 6. The molecule has 0 aliphatic carbocycles. The molecule has 198 valence electrons. The van der Waals surface area contributed by atoms with Gasteiger partial charge in [0.2, 0.25) is 17.7 Å². The fraction of sp³-hybridized carbons (Fsp3) is 0.536. The van der Waals surface area contributed by atoms with Crippen LogP contribution in [0.3, 0.4) is 0 Å². The van der Waals surface area contributed by atoms with Gasteiger partial charge in [0.15, 0.2) is 0 Å². The quantitative estimate of drug-likeness (QED) is 0.574. The van der Waals surface area contributed by atoms with E-state index in [1.54, 1.807) is 33.4 Å². The maximum atomic E-state index is 14.2. The summed E-state index contributed by atoms with van der Waals surface area (Å²) in [6.45, 7) is 8.77. The Bertz CT molecular complexity index is 1140. The topological polar surface area (TPSA) is 90.4 Å². The van der Waals surface area contributed by atoms with Gasteiger partial charge in [-0.05, 0) is 52.0 Å². The first-order chi connectivity index (χ1) is 17.7. The minimum absolute atomic E-state index is 0.0405. The van der Waals surface area contributed by atoms with E-state index in [0.717, 1.165) is 11.4 Å². The van der Waals surface area contributed by atoms with Crippen LogP contribution in [0, 0.1) is 11.8 Å². The van der Waals surface area contributed by atoms with Crippen LogP contribution >= 0.6 is 11.8 Å². The maximum absolute atomic E-state index is 14.2. The minimum atomic E-state index is -0.877. The van der Waals surface area contributed by atoms with Crippen molar-refractivity contribution in [3.63, 3.8) is 0 Å². The number of amides is 3. The number of benzene rings is 1. The molecule has 9 heteroatoms. The molecule has 0 bridgehead atoms. The van der Waals surface area contributed by atoms with Gasteiger partial charge in [0.25, 0.3) is 0 Å². The van der Waals surface area contributed by atoms with Gasteiger partial charge in [0, 0.05) is 30.1 Å². The van der Waals surface area contributed by atoms with Crippen molar-refractivity contribution >= 4 is 35.2 Å². The second-order valence-electron chi connectivity index (χ2n) is 10.4. The number of carbonyl (C=O) groups is 3. The van der Waals surface area contributed by atoms with E-state index in [9.17, 15) is 19.5 Å². The van der Waals surface area contributed by atoms with Crippen molar-refractivity contribution in [3.8, 4) is 5.75 Å². The molecule has 37 heavy (non-hydrogen) atoms. The molecule has 0 aromatic heterocycles. The Labute approximate surface area is 222 Å². The molecular weight excluding hydrogens is 490 g/mol. The highest BCUT2D eigenvalue weighted by Crippen LogP contribution is 2.61. The van der Waals surface area contributed by atoms with Gasteiger partial charge in [-0.3, -0.25) is 14.4 Å². The molecule has 0 radical (unpaired) electrons. The van der Waals surface area contributed by atoms with Crippen molar-refractivity contribution in [1.29, 1.82) is 0 Å². The predicted octanol–water partition coefficient (Wildman–Crippen LogP) is 2.47. The summed E-state index contributed by atoms with van der Waals surface area (Å²) in [6.07, 6.45) is 8.00. The number of likely N-dealkylation sites (tertiary alicyclic amines) is 1. The van der Waals surface area contributed by atoms with Crippen molar-refractivity contribution in [3.05, 3.63) is 48.6 Å². The molecule has 6 atom stereocenters. The standard InChI is InChI=1S/C28H35N3O5S/c1-5-36-20-11-9-19(10-12-20)30-14-6-8-21-22(25(30)33)23-26(34)31(18(4)16-32)24-27(35)29(17(2)3)15-7-13-28(23,24)37-21/h6-13,17-18,21-24,32H,5,14-16H2,1-4H3/t18-,21-,22+,23+,24?,28+/m1/s1. The summed E-state index contributed by atoms with van der Waals surface area (Å²) in [7, 11) is 0. The van der Waals surface area contributed by atoms with Crippen molar-refractivity contribution in [2.24, 2.45) is 11.8 Å². The number of nitrogens with zero attached hydrogens (tertiary/aromatic N) is 3. The lowest BCUT2D eigenvalue weighted by molar-refractivity contribution is -0.146. The molecule has 0 saturated carbocycles. The Morgan fingerprint density at radius 2 is 1.78 bits per heavy atom. The number of aliphatic hydroxyl groups is 1. The molecule has 1 spiro atoms. The molecule has 4 aliphatic rings. The molecule has 3 amide bonds. The number of fused-ring (bicyclic) bond motifs is 2. The molecule has 4 aliphatic heterocycles. The largest absolute Gasteiger partial charge is 0.494 e. The predicted molar refractivity (Wildman–Crippen MR) is 143 cm³/mol. The minimum Gasteiger partial charge on any atom is -0.494 e. The summed E-state index contributed by atoms with van der Waals surface area (Å²) < 4.78 is 4.68. The van der Waals surface area contributed by atoms with Crippen LogP contribution in [0.5, 0.6) is 5.75 Å². The van der Waals surface area contributed by atoms with Crippen LogP contribution in [0.1, 0.15) is 27.7 Å². The van der Waals surface area contributed by atoms with E-state index in [1.165, 1.54) is 0 Å². The lowest BCUT2D eigenvalue weighted by atomic mass is 9.78. The molecule has 1 N–H and O–H groups in total. The number of thioether (sulfide) groups is 1. The summed E-state index contributed by atoms with van der Waals surface area (Å²) in [5.74, 6) is -1.06. The zero-order chi connectivity index (χ0) is 26.5. The average Bonchev–Trinajstić information content (AvgIpc) is 3.20. The molecular formula is C28H35N3O5S. The lowest BCUT2D eigenvalue weighted by Crippen LogP contribution is -2.57. The molecule has 8 nitrogen and oxygen atoms in total. The highest BCUT2D eigenvalue weighted by Gasteiger charge is 2.71. The van der Waals surface area contributed by atoms with E-state index in [-0.39, 0.29) is 35.6 Å². The first-order valence-electron chi connectivity index (χ1n) is 13.0. The highest BCUT2D eigenvalue weighted by atomic mass is 32.2. The third-order valence-corrected chi connectivity index (χ3v) is 9.69. The van der Waals surface area contributed by atoms with E-state index in [0.29, 0.717) is 19.7 Å². The Kier molecular flexibility index (Phi) is 6.87. The van der Waals surface area contributed by atoms with Crippen LogP contribution in [0.25, 0.3) is 0 Å². The Balaban J connectivity index is 1.57. The van der Waals surface area contributed by atoms with E-state index in [4.69, 9.17) is 4.74 Å². The number of ether oxygens (including phenoxy) is 1. The zero-order valence-corrected chi connectivity index (χ0v) is 22.6. The van der Waals surface area contributed by atoms with Gasteiger partial charge in [-0.2, -0.15) is 0 Å². The summed E-state index contributed by atoms with van der Waals surface area (Å²) >= 11 is 1.55. The molecule has 1 unspecified atom stereocenters. The summed E-state index contributed by atoms with van der Waals surface area (Å²) in [4.78, 5) is 47.4. The number of carbonyl (C=O) groups excluding carboxylic acids is 3. The second-order valence-corrected chi connectivity index (χ2v) is 11.9. The summed E-state index contributed by atoms with van der Waals surface area (Å²) in [5.41, 5.74) is 0.741. The van der Waals surface area contributed by atoms with Crippen molar-refractivity contribution in [2.45, 2.75) is 55.8 Å². The summed E-state index contributed by atoms with van der Waals surface area (Å²) in [6, 6.07) is 6.07. The van der Waals surface area contributed by atoms with E-state index >= 15 is 0 Å². The Morgan fingerprint density at radius 1 is 1.05 bits per heavy atom. The van der Waals surface area contributed by atoms with Gasteiger partial charge in [-0.15, -0.1) is 11.8 Å². The number of hydrogen-bond donors (Lipinski definition) is 1. The lowest BCUT2D eigenvalue weighted by Gasteiger charge is -2.38. The smallest absolute Gasteiger partial charge is 0.247 e.